The number of likely N-dealkylation sites (tertiary alicyclic amines) is 1. The number of halogens is 1. The monoisotopic (exact) mass is 341 g/mol. The number of urea groups is 1. The summed E-state index contributed by atoms with van der Waals surface area (Å²) in [5, 5.41) is 14.0. The van der Waals surface area contributed by atoms with Gasteiger partial charge in [0.1, 0.15) is 0 Å². The highest BCUT2D eigenvalue weighted by Crippen LogP contribution is 2.29. The van der Waals surface area contributed by atoms with E-state index in [1.54, 1.807) is 16.2 Å². The van der Waals surface area contributed by atoms with Crippen molar-refractivity contribution in [2.75, 3.05) is 13.1 Å². The number of amides is 2. The molecule has 1 aliphatic rings. The van der Waals surface area contributed by atoms with Crippen molar-refractivity contribution >= 4 is 33.3 Å². The van der Waals surface area contributed by atoms with Gasteiger partial charge in [-0.15, -0.1) is 11.3 Å². The molecule has 1 saturated heterocycles. The molecule has 1 aromatic rings. The minimum absolute atomic E-state index is 0.0414. The summed E-state index contributed by atoms with van der Waals surface area (Å²) in [6.07, 6.45) is 1.50. The van der Waals surface area contributed by atoms with Gasteiger partial charge < -0.3 is 10.2 Å². The number of hydrogen-bond acceptors (Lipinski definition) is 3. The van der Waals surface area contributed by atoms with Crippen molar-refractivity contribution in [1.29, 1.82) is 5.26 Å². The molecule has 0 radical (unpaired) electrons. The predicted octanol–water partition coefficient (Wildman–Crippen LogP) is 3.35. The van der Waals surface area contributed by atoms with Crippen LogP contribution in [0, 0.1) is 16.7 Å². The number of rotatable bonds is 2. The maximum Gasteiger partial charge on any atom is 0.317 e. The average Bonchev–Trinajstić information content (AvgIpc) is 2.82. The number of thiophene rings is 1. The summed E-state index contributed by atoms with van der Waals surface area (Å²) < 4.78 is 1.04. The zero-order chi connectivity index (χ0) is 13.9. The summed E-state index contributed by atoms with van der Waals surface area (Å²) in [4.78, 5) is 14.9. The molecular formula is C13H16BrN3OS. The van der Waals surface area contributed by atoms with Gasteiger partial charge in [0, 0.05) is 22.4 Å². The smallest absolute Gasteiger partial charge is 0.317 e. The summed E-state index contributed by atoms with van der Waals surface area (Å²) in [7, 11) is 0. The molecule has 0 aliphatic carbocycles. The Kier molecular flexibility index (Phi) is 4.48. The van der Waals surface area contributed by atoms with E-state index < -0.39 is 0 Å². The second-order valence-corrected chi connectivity index (χ2v) is 6.86. The standard InChI is InChI=1S/C13H16BrN3OS/c1-13(9-15)3-5-17(6-4-13)12(18)16-8-11-10(14)2-7-19-11/h2,7H,3-6,8H2,1H3,(H,16,18). The van der Waals surface area contributed by atoms with E-state index >= 15 is 0 Å². The summed E-state index contributed by atoms with van der Waals surface area (Å²) in [5.74, 6) is 0. The highest BCUT2D eigenvalue weighted by atomic mass is 79.9. The van der Waals surface area contributed by atoms with E-state index in [1.165, 1.54) is 0 Å². The summed E-state index contributed by atoms with van der Waals surface area (Å²) in [5.41, 5.74) is -0.270. The van der Waals surface area contributed by atoms with Crippen molar-refractivity contribution in [3.8, 4) is 6.07 Å². The molecule has 19 heavy (non-hydrogen) atoms. The van der Waals surface area contributed by atoms with Gasteiger partial charge in [0.15, 0.2) is 0 Å². The molecule has 2 heterocycles. The van der Waals surface area contributed by atoms with Crippen molar-refractivity contribution < 1.29 is 4.79 Å². The summed E-state index contributed by atoms with van der Waals surface area (Å²) in [6.45, 7) is 3.82. The van der Waals surface area contributed by atoms with E-state index in [4.69, 9.17) is 5.26 Å². The molecule has 6 heteroatoms. The van der Waals surface area contributed by atoms with Gasteiger partial charge in [-0.2, -0.15) is 5.26 Å². The first-order chi connectivity index (χ1) is 9.04. The third-order valence-corrected chi connectivity index (χ3v) is 5.44. The molecule has 102 valence electrons. The van der Waals surface area contributed by atoms with Gasteiger partial charge in [-0.1, -0.05) is 0 Å². The first-order valence-electron chi connectivity index (χ1n) is 6.20. The fraction of sp³-hybridized carbons (Fsp3) is 0.538. The largest absolute Gasteiger partial charge is 0.333 e. The minimum atomic E-state index is -0.270. The van der Waals surface area contributed by atoms with Crippen LogP contribution in [0.4, 0.5) is 4.79 Å². The van der Waals surface area contributed by atoms with Crippen molar-refractivity contribution in [1.82, 2.24) is 10.2 Å². The number of hydrogen-bond donors (Lipinski definition) is 1. The molecule has 4 nitrogen and oxygen atoms in total. The fourth-order valence-electron chi connectivity index (χ4n) is 2.03. The molecule has 1 fully saturated rings. The number of nitrogens with zero attached hydrogens (tertiary/aromatic N) is 2. The molecule has 1 aromatic heterocycles. The van der Waals surface area contributed by atoms with Crippen molar-refractivity contribution in [2.45, 2.75) is 26.3 Å². The van der Waals surface area contributed by atoms with Gasteiger partial charge in [0.25, 0.3) is 0 Å². The van der Waals surface area contributed by atoms with Crippen LogP contribution in [0.15, 0.2) is 15.9 Å². The maximum absolute atomic E-state index is 12.0. The molecule has 2 rings (SSSR count). The second kappa shape index (κ2) is 5.93. The van der Waals surface area contributed by atoms with Crippen LogP contribution in [-0.4, -0.2) is 24.0 Å². The third kappa shape index (κ3) is 3.48. The summed E-state index contributed by atoms with van der Waals surface area (Å²) >= 11 is 5.06. The van der Waals surface area contributed by atoms with Gasteiger partial charge in [-0.25, -0.2) is 4.79 Å². The quantitative estimate of drug-likeness (QED) is 0.896. The van der Waals surface area contributed by atoms with Crippen LogP contribution >= 0.6 is 27.3 Å². The Balaban J connectivity index is 1.82. The van der Waals surface area contributed by atoms with Crippen LogP contribution in [0.25, 0.3) is 0 Å². The molecule has 1 aliphatic heterocycles. The highest BCUT2D eigenvalue weighted by Gasteiger charge is 2.31. The number of carbonyl (C=O) groups excluding carboxylic acids is 1. The zero-order valence-corrected chi connectivity index (χ0v) is 13.2. The van der Waals surface area contributed by atoms with E-state index in [2.05, 4.69) is 27.3 Å². The van der Waals surface area contributed by atoms with Gasteiger partial charge >= 0.3 is 6.03 Å². The van der Waals surface area contributed by atoms with Crippen LogP contribution in [0.3, 0.4) is 0 Å². The minimum Gasteiger partial charge on any atom is -0.333 e. The first-order valence-corrected chi connectivity index (χ1v) is 7.87. The molecule has 0 saturated carbocycles. The maximum atomic E-state index is 12.0. The molecule has 0 spiro atoms. The molecule has 0 aromatic carbocycles. The Hall–Kier alpha value is -1.06. The molecule has 0 atom stereocenters. The Morgan fingerprint density at radius 1 is 1.63 bits per heavy atom. The normalized spacial score (nSPS) is 17.8. The van der Waals surface area contributed by atoms with Crippen molar-refractivity contribution in [3.05, 3.63) is 20.8 Å². The second-order valence-electron chi connectivity index (χ2n) is 5.01. The Morgan fingerprint density at radius 3 is 2.84 bits per heavy atom. The van der Waals surface area contributed by atoms with Crippen LogP contribution in [0.1, 0.15) is 24.6 Å². The lowest BCUT2D eigenvalue weighted by Gasteiger charge is -2.34. The summed E-state index contributed by atoms with van der Waals surface area (Å²) in [6, 6.07) is 4.27. The lowest BCUT2D eigenvalue weighted by molar-refractivity contribution is 0.156. The molecule has 0 bridgehead atoms. The van der Waals surface area contributed by atoms with E-state index in [-0.39, 0.29) is 11.4 Å². The van der Waals surface area contributed by atoms with Gasteiger partial charge in [-0.3, -0.25) is 0 Å². The molecular weight excluding hydrogens is 326 g/mol. The van der Waals surface area contributed by atoms with Gasteiger partial charge in [0.05, 0.1) is 18.0 Å². The Labute approximate surface area is 125 Å². The number of carbonyl (C=O) groups is 1. The highest BCUT2D eigenvalue weighted by molar-refractivity contribution is 9.10. The lowest BCUT2D eigenvalue weighted by Crippen LogP contribution is -2.46. The van der Waals surface area contributed by atoms with Crippen LogP contribution in [0.2, 0.25) is 0 Å². The number of piperidine rings is 1. The average molecular weight is 342 g/mol. The number of nitrogens with one attached hydrogen (secondary N) is 1. The lowest BCUT2D eigenvalue weighted by atomic mass is 9.82. The van der Waals surface area contributed by atoms with E-state index in [0.717, 1.165) is 22.2 Å². The number of nitriles is 1. The van der Waals surface area contributed by atoms with Crippen LogP contribution in [-0.2, 0) is 6.54 Å². The van der Waals surface area contributed by atoms with E-state index in [9.17, 15) is 4.79 Å². The Morgan fingerprint density at radius 2 is 2.32 bits per heavy atom. The first kappa shape index (κ1) is 14.4. The predicted molar refractivity (Wildman–Crippen MR) is 78.8 cm³/mol. The third-order valence-electron chi connectivity index (χ3n) is 3.52. The zero-order valence-electron chi connectivity index (χ0n) is 10.8. The fourth-order valence-corrected chi connectivity index (χ4v) is 3.47. The van der Waals surface area contributed by atoms with Gasteiger partial charge in [-0.05, 0) is 47.1 Å². The topological polar surface area (TPSA) is 56.1 Å². The van der Waals surface area contributed by atoms with E-state index in [0.29, 0.717) is 19.6 Å². The molecule has 0 unspecified atom stereocenters. The van der Waals surface area contributed by atoms with E-state index in [1.807, 2.05) is 18.4 Å². The SMILES string of the molecule is CC1(C#N)CCN(C(=O)NCc2sccc2Br)CC1. The van der Waals surface area contributed by atoms with Crippen LogP contribution < -0.4 is 5.32 Å². The van der Waals surface area contributed by atoms with Crippen molar-refractivity contribution in [2.24, 2.45) is 5.41 Å². The Bertz CT molecular complexity index is 500. The van der Waals surface area contributed by atoms with Crippen molar-refractivity contribution in [3.63, 3.8) is 0 Å². The van der Waals surface area contributed by atoms with Crippen LogP contribution in [0.5, 0.6) is 0 Å². The molecule has 2 amide bonds. The van der Waals surface area contributed by atoms with Gasteiger partial charge in [0.2, 0.25) is 0 Å². The molecule has 1 N–H and O–H groups in total.